The molecule has 0 fully saturated rings. The van der Waals surface area contributed by atoms with E-state index in [1.807, 2.05) is 0 Å². The first-order chi connectivity index (χ1) is 8.67. The van der Waals surface area contributed by atoms with Crippen LogP contribution in [0, 0.1) is 0 Å². The van der Waals surface area contributed by atoms with Crippen molar-refractivity contribution in [1.29, 1.82) is 0 Å². The summed E-state index contributed by atoms with van der Waals surface area (Å²) in [7, 11) is 1.30. The molecule has 0 saturated carbocycles. The zero-order valence-electron chi connectivity index (χ0n) is 9.43. The fraction of sp³-hybridized carbons (Fsp3) is 0.182. The quantitative estimate of drug-likeness (QED) is 0.642. The largest absolute Gasteiger partial charge is 0.464 e. The predicted molar refractivity (Wildman–Crippen MR) is 67.3 cm³/mol. The fourth-order valence-electron chi connectivity index (χ4n) is 1.43. The van der Waals surface area contributed by atoms with E-state index in [1.165, 1.54) is 24.1 Å². The van der Waals surface area contributed by atoms with Crippen LogP contribution in [-0.2, 0) is 10.6 Å². The van der Waals surface area contributed by atoms with Crippen molar-refractivity contribution in [2.75, 3.05) is 7.11 Å². The van der Waals surface area contributed by atoms with Crippen molar-refractivity contribution in [2.45, 2.75) is 5.88 Å². The van der Waals surface area contributed by atoms with E-state index in [9.17, 15) is 4.79 Å². The zero-order chi connectivity index (χ0) is 13.1. The molecule has 0 saturated heterocycles. The van der Waals surface area contributed by atoms with Gasteiger partial charge in [0, 0.05) is 12.1 Å². The highest BCUT2D eigenvalue weighted by Gasteiger charge is 2.16. The standard InChI is InChI=1S/C11H9Cl2N3O2/c1-18-11(17)9-2-3-15-16(9)10-8(13)4-7(5-12)6-14-10/h2-4,6H,5H2,1H3. The number of aromatic nitrogens is 3. The number of hydrogen-bond acceptors (Lipinski definition) is 4. The molecule has 0 aliphatic carbocycles. The molecule has 0 amide bonds. The Labute approximate surface area is 113 Å². The molecule has 0 aliphatic heterocycles. The third-order valence-electron chi connectivity index (χ3n) is 2.27. The number of ether oxygens (including phenoxy) is 1. The summed E-state index contributed by atoms with van der Waals surface area (Å²) in [6.07, 6.45) is 3.05. The summed E-state index contributed by atoms with van der Waals surface area (Å²) in [5.41, 5.74) is 1.04. The van der Waals surface area contributed by atoms with Gasteiger partial charge in [0.2, 0.25) is 0 Å². The number of hydrogen-bond donors (Lipinski definition) is 0. The van der Waals surface area contributed by atoms with Gasteiger partial charge in [-0.3, -0.25) is 0 Å². The minimum absolute atomic E-state index is 0.255. The lowest BCUT2D eigenvalue weighted by molar-refractivity contribution is 0.0590. The van der Waals surface area contributed by atoms with Crippen LogP contribution in [0.25, 0.3) is 5.82 Å². The van der Waals surface area contributed by atoms with Gasteiger partial charge in [0.15, 0.2) is 11.5 Å². The molecule has 18 heavy (non-hydrogen) atoms. The molecule has 0 aliphatic rings. The van der Waals surface area contributed by atoms with E-state index in [-0.39, 0.29) is 5.69 Å². The smallest absolute Gasteiger partial charge is 0.356 e. The van der Waals surface area contributed by atoms with Crippen molar-refractivity contribution in [1.82, 2.24) is 14.8 Å². The summed E-state index contributed by atoms with van der Waals surface area (Å²) in [6.45, 7) is 0. The van der Waals surface area contributed by atoms with Crippen molar-refractivity contribution in [3.8, 4) is 5.82 Å². The van der Waals surface area contributed by atoms with Crippen LogP contribution in [0.15, 0.2) is 24.5 Å². The molecule has 5 nitrogen and oxygen atoms in total. The van der Waals surface area contributed by atoms with Gasteiger partial charge in [-0.1, -0.05) is 11.6 Å². The highest BCUT2D eigenvalue weighted by atomic mass is 35.5. The number of carbonyl (C=O) groups is 1. The lowest BCUT2D eigenvalue weighted by Crippen LogP contribution is -2.12. The van der Waals surface area contributed by atoms with Crippen LogP contribution < -0.4 is 0 Å². The highest BCUT2D eigenvalue weighted by Crippen LogP contribution is 2.21. The van der Waals surface area contributed by atoms with Crippen LogP contribution in [0.1, 0.15) is 16.1 Å². The lowest BCUT2D eigenvalue weighted by Gasteiger charge is -2.07. The molecule has 2 heterocycles. The molecule has 2 aromatic rings. The van der Waals surface area contributed by atoms with Crippen LogP contribution in [0.2, 0.25) is 5.02 Å². The van der Waals surface area contributed by atoms with Crippen LogP contribution >= 0.6 is 23.2 Å². The third kappa shape index (κ3) is 2.32. The molecule has 0 bridgehead atoms. The van der Waals surface area contributed by atoms with Crippen molar-refractivity contribution < 1.29 is 9.53 Å². The molecule has 2 aromatic heterocycles. The summed E-state index contributed by atoms with van der Waals surface area (Å²) in [6, 6.07) is 3.21. The maximum Gasteiger partial charge on any atom is 0.356 e. The minimum atomic E-state index is -0.508. The van der Waals surface area contributed by atoms with Gasteiger partial charge in [-0.25, -0.2) is 14.5 Å². The predicted octanol–water partition coefficient (Wildman–Crippen LogP) is 2.45. The number of methoxy groups -OCH3 is 1. The molecule has 94 valence electrons. The molecule has 2 rings (SSSR count). The lowest BCUT2D eigenvalue weighted by atomic mass is 10.3. The third-order valence-corrected chi connectivity index (χ3v) is 2.86. The number of nitrogens with zero attached hydrogens (tertiary/aromatic N) is 3. The first-order valence-electron chi connectivity index (χ1n) is 5.00. The van der Waals surface area contributed by atoms with Crippen molar-refractivity contribution >= 4 is 29.2 Å². The second-order valence-electron chi connectivity index (χ2n) is 3.40. The normalized spacial score (nSPS) is 10.4. The highest BCUT2D eigenvalue weighted by molar-refractivity contribution is 6.32. The van der Waals surface area contributed by atoms with Crippen LogP contribution in [0.3, 0.4) is 0 Å². The Morgan fingerprint density at radius 2 is 2.33 bits per heavy atom. The second kappa shape index (κ2) is 5.37. The molecule has 0 N–H and O–H groups in total. The van der Waals surface area contributed by atoms with E-state index in [0.717, 1.165) is 5.56 Å². The van der Waals surface area contributed by atoms with Gasteiger partial charge in [-0.2, -0.15) is 5.10 Å². The molecule has 0 radical (unpaired) electrons. The Balaban J connectivity index is 2.49. The van der Waals surface area contributed by atoms with Crippen LogP contribution in [0.5, 0.6) is 0 Å². The molecule has 0 spiro atoms. The Morgan fingerprint density at radius 1 is 1.56 bits per heavy atom. The van der Waals surface area contributed by atoms with Gasteiger partial charge in [-0.15, -0.1) is 11.6 Å². The van der Waals surface area contributed by atoms with E-state index in [1.54, 1.807) is 12.3 Å². The number of esters is 1. The van der Waals surface area contributed by atoms with E-state index < -0.39 is 5.97 Å². The number of rotatable bonds is 3. The maximum atomic E-state index is 11.5. The number of alkyl halides is 1. The molecule has 7 heteroatoms. The fourth-order valence-corrected chi connectivity index (χ4v) is 1.85. The molecule has 0 aromatic carbocycles. The second-order valence-corrected chi connectivity index (χ2v) is 4.08. The van der Waals surface area contributed by atoms with Crippen molar-refractivity contribution in [2.24, 2.45) is 0 Å². The number of halogens is 2. The summed E-state index contributed by atoms with van der Waals surface area (Å²) in [5.74, 6) is 0.165. The molecular weight excluding hydrogens is 277 g/mol. The minimum Gasteiger partial charge on any atom is -0.464 e. The molecule has 0 atom stereocenters. The van der Waals surface area contributed by atoms with Gasteiger partial charge in [0.05, 0.1) is 18.3 Å². The van der Waals surface area contributed by atoms with Crippen LogP contribution in [0.4, 0.5) is 0 Å². The summed E-state index contributed by atoms with van der Waals surface area (Å²) >= 11 is 11.8. The first kappa shape index (κ1) is 12.9. The van der Waals surface area contributed by atoms with Gasteiger partial charge in [0.1, 0.15) is 0 Å². The summed E-state index contributed by atoms with van der Waals surface area (Å²) < 4.78 is 5.98. The van der Waals surface area contributed by atoms with E-state index >= 15 is 0 Å². The maximum absolute atomic E-state index is 11.5. The van der Waals surface area contributed by atoms with Gasteiger partial charge in [-0.05, 0) is 17.7 Å². The van der Waals surface area contributed by atoms with Crippen LogP contribution in [-0.4, -0.2) is 27.8 Å². The zero-order valence-corrected chi connectivity index (χ0v) is 10.9. The Hall–Kier alpha value is -1.59. The topological polar surface area (TPSA) is 57.0 Å². The van der Waals surface area contributed by atoms with E-state index in [0.29, 0.717) is 16.7 Å². The molecular formula is C11H9Cl2N3O2. The Morgan fingerprint density at radius 3 is 2.94 bits per heavy atom. The van der Waals surface area contributed by atoms with E-state index in [4.69, 9.17) is 23.2 Å². The Bertz CT molecular complexity index is 583. The van der Waals surface area contributed by atoms with Gasteiger partial charge in [0.25, 0.3) is 0 Å². The average molecular weight is 286 g/mol. The van der Waals surface area contributed by atoms with Crippen molar-refractivity contribution in [3.63, 3.8) is 0 Å². The summed E-state index contributed by atoms with van der Waals surface area (Å²) in [4.78, 5) is 15.7. The monoisotopic (exact) mass is 285 g/mol. The SMILES string of the molecule is COC(=O)c1ccnn1-c1ncc(CCl)cc1Cl. The van der Waals surface area contributed by atoms with Gasteiger partial charge >= 0.3 is 5.97 Å². The average Bonchev–Trinajstić information content (AvgIpc) is 2.86. The number of carbonyl (C=O) groups excluding carboxylic acids is 1. The molecule has 0 unspecified atom stereocenters. The number of pyridine rings is 1. The van der Waals surface area contributed by atoms with E-state index in [2.05, 4.69) is 14.8 Å². The first-order valence-corrected chi connectivity index (χ1v) is 5.91. The van der Waals surface area contributed by atoms with Crippen molar-refractivity contribution in [3.05, 3.63) is 40.8 Å². The summed E-state index contributed by atoms with van der Waals surface area (Å²) in [5, 5.41) is 4.37. The Kier molecular flexibility index (Phi) is 3.84. The van der Waals surface area contributed by atoms with Gasteiger partial charge < -0.3 is 4.74 Å².